The summed E-state index contributed by atoms with van der Waals surface area (Å²) in [6.45, 7) is 6.84. The van der Waals surface area contributed by atoms with Crippen LogP contribution in [0.15, 0.2) is 41.5 Å². The van der Waals surface area contributed by atoms with Crippen LogP contribution in [0.1, 0.15) is 76.2 Å². The zero-order chi connectivity index (χ0) is 23.2. The fraction of sp³-hybridized carbons (Fsp3) is 0.571. The topological polar surface area (TPSA) is 73.9 Å². The quantitative estimate of drug-likeness (QED) is 0.643. The third-order valence-electron chi connectivity index (χ3n) is 7.81. The van der Waals surface area contributed by atoms with E-state index in [-0.39, 0.29) is 5.92 Å². The van der Waals surface area contributed by atoms with Crippen LogP contribution in [-0.2, 0) is 5.60 Å². The van der Waals surface area contributed by atoms with E-state index in [9.17, 15) is 10.4 Å². The number of nitrogens with zero attached hydrogens (tertiary/aromatic N) is 3. The molecule has 5 nitrogen and oxygen atoms in total. The average Bonchev–Trinajstić information content (AvgIpc) is 3.38. The molecule has 174 valence electrons. The van der Waals surface area contributed by atoms with E-state index in [1.807, 2.05) is 13.8 Å². The molecule has 1 unspecified atom stereocenters. The summed E-state index contributed by atoms with van der Waals surface area (Å²) in [6, 6.07) is 9.77. The Balaban J connectivity index is 1.20. The van der Waals surface area contributed by atoms with Gasteiger partial charge in [-0.2, -0.15) is 5.26 Å². The van der Waals surface area contributed by atoms with E-state index in [2.05, 4.69) is 53.2 Å². The van der Waals surface area contributed by atoms with Gasteiger partial charge < -0.3 is 15.0 Å². The summed E-state index contributed by atoms with van der Waals surface area (Å²) >= 11 is 0. The maximum absolute atomic E-state index is 10.8. The normalized spacial score (nSPS) is 27.7. The van der Waals surface area contributed by atoms with Crippen molar-refractivity contribution in [3.8, 4) is 6.07 Å². The molecule has 0 saturated heterocycles. The standard InChI is InChI=1S/C28H36N4O/c1-18-4-11-26-25(12-18)31-27(28(2,3)33)32(26)24-9-7-23(8-10-24)30-17-20-14-21-6-5-19(16-29)13-22(21)15-20/h4-6,11-12,19-20,23-24,30,33H,7-10,13-15,17H2,1-3H3/t19?,20-,23?,24?/m0/s1. The second-order valence-corrected chi connectivity index (χ2v) is 11.0. The van der Waals surface area contributed by atoms with Gasteiger partial charge in [-0.3, -0.25) is 0 Å². The van der Waals surface area contributed by atoms with Gasteiger partial charge in [0, 0.05) is 12.1 Å². The zero-order valence-corrected chi connectivity index (χ0v) is 20.1. The molecular formula is C28H36N4O. The van der Waals surface area contributed by atoms with Crippen molar-refractivity contribution in [2.75, 3.05) is 6.54 Å². The number of benzene rings is 1. The number of aryl methyl sites for hydroxylation is 1. The van der Waals surface area contributed by atoms with Crippen LogP contribution in [0.4, 0.5) is 0 Å². The van der Waals surface area contributed by atoms with Crippen LogP contribution in [0.3, 0.4) is 0 Å². The van der Waals surface area contributed by atoms with Gasteiger partial charge in [-0.05, 0) is 101 Å². The van der Waals surface area contributed by atoms with Crippen LogP contribution in [0.5, 0.6) is 0 Å². The molecule has 1 fully saturated rings. The summed E-state index contributed by atoms with van der Waals surface area (Å²) in [4.78, 5) is 4.84. The van der Waals surface area contributed by atoms with Gasteiger partial charge in [0.05, 0.1) is 23.0 Å². The highest BCUT2D eigenvalue weighted by Gasteiger charge is 2.32. The van der Waals surface area contributed by atoms with Crippen LogP contribution in [0.2, 0.25) is 0 Å². The van der Waals surface area contributed by atoms with Crippen molar-refractivity contribution < 1.29 is 5.11 Å². The smallest absolute Gasteiger partial charge is 0.141 e. The van der Waals surface area contributed by atoms with Gasteiger partial charge in [-0.25, -0.2) is 4.98 Å². The second-order valence-electron chi connectivity index (χ2n) is 11.0. The Labute approximate surface area is 197 Å². The first-order valence-corrected chi connectivity index (χ1v) is 12.6. The minimum Gasteiger partial charge on any atom is -0.383 e. The predicted molar refractivity (Wildman–Crippen MR) is 132 cm³/mol. The van der Waals surface area contributed by atoms with Crippen molar-refractivity contribution in [2.24, 2.45) is 11.8 Å². The Bertz CT molecular complexity index is 1140. The number of aliphatic hydroxyl groups is 1. The Hall–Kier alpha value is -2.42. The van der Waals surface area contributed by atoms with Gasteiger partial charge >= 0.3 is 0 Å². The summed E-state index contributed by atoms with van der Waals surface area (Å²) in [7, 11) is 0. The second kappa shape index (κ2) is 8.74. The first kappa shape index (κ1) is 22.4. The van der Waals surface area contributed by atoms with Crippen LogP contribution in [0.25, 0.3) is 11.0 Å². The number of nitrogens with one attached hydrogen (secondary N) is 1. The van der Waals surface area contributed by atoms with Crippen molar-refractivity contribution >= 4 is 11.0 Å². The Morgan fingerprint density at radius 3 is 2.70 bits per heavy atom. The van der Waals surface area contributed by atoms with Gasteiger partial charge in [-0.1, -0.05) is 23.8 Å². The molecule has 2 atom stereocenters. The molecular weight excluding hydrogens is 408 g/mol. The highest BCUT2D eigenvalue weighted by Crippen LogP contribution is 2.39. The molecule has 0 spiro atoms. The van der Waals surface area contributed by atoms with E-state index in [1.54, 1.807) is 0 Å². The van der Waals surface area contributed by atoms with Crippen LogP contribution in [0, 0.1) is 30.1 Å². The van der Waals surface area contributed by atoms with Crippen molar-refractivity contribution in [1.82, 2.24) is 14.9 Å². The molecule has 0 radical (unpaired) electrons. The van der Waals surface area contributed by atoms with Crippen LogP contribution in [-0.4, -0.2) is 27.2 Å². The lowest BCUT2D eigenvalue weighted by Gasteiger charge is -2.33. The van der Waals surface area contributed by atoms with Gasteiger partial charge in [-0.15, -0.1) is 0 Å². The molecule has 3 aliphatic carbocycles. The van der Waals surface area contributed by atoms with Crippen molar-refractivity contribution in [1.29, 1.82) is 5.26 Å². The van der Waals surface area contributed by atoms with E-state index in [1.165, 1.54) is 16.7 Å². The number of rotatable bonds is 5. The summed E-state index contributed by atoms with van der Waals surface area (Å²) in [5.41, 5.74) is 5.36. The summed E-state index contributed by atoms with van der Waals surface area (Å²) < 4.78 is 2.32. The maximum Gasteiger partial charge on any atom is 0.141 e. The molecule has 1 saturated carbocycles. The summed E-state index contributed by atoms with van der Waals surface area (Å²) in [5.74, 6) is 1.52. The monoisotopic (exact) mass is 444 g/mol. The lowest BCUT2D eigenvalue weighted by molar-refractivity contribution is 0.0620. The minimum atomic E-state index is -0.963. The molecule has 5 heteroatoms. The van der Waals surface area contributed by atoms with Crippen molar-refractivity contribution in [3.05, 3.63) is 52.9 Å². The first-order valence-electron chi connectivity index (χ1n) is 12.6. The van der Waals surface area contributed by atoms with E-state index < -0.39 is 5.60 Å². The number of hydrogen-bond acceptors (Lipinski definition) is 4. The number of hydrogen-bond donors (Lipinski definition) is 2. The summed E-state index contributed by atoms with van der Waals surface area (Å²) in [5, 5.41) is 23.9. The average molecular weight is 445 g/mol. The first-order chi connectivity index (χ1) is 15.8. The lowest BCUT2D eigenvalue weighted by Crippen LogP contribution is -2.37. The van der Waals surface area contributed by atoms with Crippen LogP contribution >= 0.6 is 0 Å². The summed E-state index contributed by atoms with van der Waals surface area (Å²) in [6.07, 6.45) is 12.0. The van der Waals surface area contributed by atoms with Gasteiger partial charge in [0.1, 0.15) is 11.4 Å². The predicted octanol–water partition coefficient (Wildman–Crippen LogP) is 5.45. The van der Waals surface area contributed by atoms with E-state index in [0.717, 1.165) is 68.3 Å². The molecule has 2 aromatic rings. The van der Waals surface area contributed by atoms with Crippen LogP contribution < -0.4 is 5.32 Å². The molecule has 3 aliphatic rings. The molecule has 0 aliphatic heterocycles. The van der Waals surface area contributed by atoms with Gasteiger partial charge in [0.25, 0.3) is 0 Å². The van der Waals surface area contributed by atoms with Crippen molar-refractivity contribution in [3.63, 3.8) is 0 Å². The highest BCUT2D eigenvalue weighted by molar-refractivity contribution is 5.77. The fourth-order valence-electron chi connectivity index (χ4n) is 6.09. The molecule has 1 heterocycles. The fourth-order valence-corrected chi connectivity index (χ4v) is 6.09. The molecule has 0 amide bonds. The molecule has 1 aromatic carbocycles. The number of fused-ring (bicyclic) bond motifs is 1. The number of allylic oxidation sites excluding steroid dienone is 4. The Morgan fingerprint density at radius 1 is 1.18 bits per heavy atom. The Morgan fingerprint density at radius 2 is 1.97 bits per heavy atom. The zero-order valence-electron chi connectivity index (χ0n) is 20.1. The SMILES string of the molecule is Cc1ccc2c(c1)nc(C(C)(C)O)n2C1CCC(NC[C@H]2CC3=C(CC(C#N)C=C3)C2)CC1. The minimum absolute atomic E-state index is 0.0719. The highest BCUT2D eigenvalue weighted by atomic mass is 16.3. The number of aromatic nitrogens is 2. The van der Waals surface area contributed by atoms with E-state index in [4.69, 9.17) is 4.98 Å². The van der Waals surface area contributed by atoms with E-state index >= 15 is 0 Å². The molecule has 33 heavy (non-hydrogen) atoms. The number of imidazole rings is 1. The van der Waals surface area contributed by atoms with E-state index in [0.29, 0.717) is 18.0 Å². The molecule has 0 bridgehead atoms. The largest absolute Gasteiger partial charge is 0.383 e. The van der Waals surface area contributed by atoms with Gasteiger partial charge in [0.15, 0.2) is 0 Å². The number of nitriles is 1. The van der Waals surface area contributed by atoms with Gasteiger partial charge in [0.2, 0.25) is 0 Å². The molecule has 1 aromatic heterocycles. The Kier molecular flexibility index (Phi) is 5.93. The third kappa shape index (κ3) is 4.52. The maximum atomic E-state index is 10.8. The third-order valence-corrected chi connectivity index (χ3v) is 7.81. The lowest BCUT2D eigenvalue weighted by atomic mass is 9.89. The molecule has 5 rings (SSSR count). The van der Waals surface area contributed by atoms with Crippen molar-refractivity contribution in [2.45, 2.75) is 83.4 Å². The molecule has 2 N–H and O–H groups in total.